The number of rotatable bonds is 6. The first-order valence-electron chi connectivity index (χ1n) is 9.77. The van der Waals surface area contributed by atoms with Crippen LogP contribution in [0.4, 0.5) is 17.1 Å². The minimum Gasteiger partial charge on any atom is -0.366 e. The summed E-state index contributed by atoms with van der Waals surface area (Å²) in [6.07, 6.45) is 1.37. The molecule has 30 heavy (non-hydrogen) atoms. The van der Waals surface area contributed by atoms with Gasteiger partial charge in [-0.05, 0) is 30.7 Å². The van der Waals surface area contributed by atoms with Crippen molar-refractivity contribution in [2.24, 2.45) is 0 Å². The van der Waals surface area contributed by atoms with Gasteiger partial charge in [-0.2, -0.15) is 0 Å². The summed E-state index contributed by atoms with van der Waals surface area (Å²) in [5.41, 5.74) is 1.35. The van der Waals surface area contributed by atoms with Crippen LogP contribution in [0.2, 0.25) is 5.02 Å². The number of nitrogens with one attached hydrogen (secondary N) is 1. The first-order valence-corrected chi connectivity index (χ1v) is 10.1. The molecule has 8 nitrogen and oxygen atoms in total. The second kappa shape index (κ2) is 9.58. The van der Waals surface area contributed by atoms with E-state index in [-0.39, 0.29) is 17.2 Å². The van der Waals surface area contributed by atoms with Gasteiger partial charge >= 0.3 is 0 Å². The third-order valence-electron chi connectivity index (χ3n) is 4.96. The first-order chi connectivity index (χ1) is 14.4. The second-order valence-corrected chi connectivity index (χ2v) is 7.48. The lowest BCUT2D eigenvalue weighted by molar-refractivity contribution is -0.384. The molecule has 1 aliphatic heterocycles. The van der Waals surface area contributed by atoms with Crippen LogP contribution in [0, 0.1) is 10.1 Å². The van der Waals surface area contributed by atoms with Gasteiger partial charge in [-0.1, -0.05) is 24.6 Å². The monoisotopic (exact) mass is 430 g/mol. The molecule has 158 valence electrons. The lowest BCUT2D eigenvalue weighted by Gasteiger charge is -2.37. The van der Waals surface area contributed by atoms with Crippen molar-refractivity contribution in [2.75, 3.05) is 36.4 Å². The number of nitrogens with zero attached hydrogens (tertiary/aromatic N) is 3. The van der Waals surface area contributed by atoms with Crippen molar-refractivity contribution in [3.05, 3.63) is 63.2 Å². The molecule has 2 aromatic carbocycles. The molecule has 0 spiro atoms. The number of piperazine rings is 1. The van der Waals surface area contributed by atoms with Crippen LogP contribution >= 0.6 is 11.6 Å². The number of non-ortho nitro benzene ring substituents is 1. The lowest BCUT2D eigenvalue weighted by atomic mass is 10.1. The Morgan fingerprint density at radius 2 is 1.87 bits per heavy atom. The van der Waals surface area contributed by atoms with Crippen molar-refractivity contribution in [1.82, 2.24) is 4.90 Å². The number of halogens is 1. The van der Waals surface area contributed by atoms with E-state index >= 15 is 0 Å². The van der Waals surface area contributed by atoms with E-state index in [1.54, 1.807) is 12.1 Å². The van der Waals surface area contributed by atoms with Gasteiger partial charge in [0, 0.05) is 55.3 Å². The van der Waals surface area contributed by atoms with Crippen LogP contribution in [0.5, 0.6) is 0 Å². The molecule has 1 aliphatic rings. The maximum Gasteiger partial charge on any atom is 0.270 e. The lowest BCUT2D eigenvalue weighted by Crippen LogP contribution is -2.48. The fourth-order valence-corrected chi connectivity index (χ4v) is 3.58. The number of carbonyl (C=O) groups is 2. The van der Waals surface area contributed by atoms with Crippen LogP contribution in [-0.4, -0.2) is 47.8 Å². The van der Waals surface area contributed by atoms with Gasteiger partial charge < -0.3 is 15.1 Å². The van der Waals surface area contributed by atoms with Crippen molar-refractivity contribution in [1.29, 1.82) is 0 Å². The zero-order valence-corrected chi connectivity index (χ0v) is 17.4. The van der Waals surface area contributed by atoms with Crippen LogP contribution in [0.1, 0.15) is 30.1 Å². The molecule has 0 radical (unpaired) electrons. The zero-order valence-electron chi connectivity index (χ0n) is 16.6. The Hall–Kier alpha value is -3.13. The molecule has 1 saturated heterocycles. The number of hydrogen-bond donors (Lipinski definition) is 1. The number of nitro groups is 1. The van der Waals surface area contributed by atoms with Crippen LogP contribution in [0.25, 0.3) is 0 Å². The van der Waals surface area contributed by atoms with E-state index < -0.39 is 10.8 Å². The number of amides is 2. The van der Waals surface area contributed by atoms with Gasteiger partial charge in [-0.3, -0.25) is 19.7 Å². The summed E-state index contributed by atoms with van der Waals surface area (Å²) >= 11 is 6.14. The highest BCUT2D eigenvalue weighted by atomic mass is 35.5. The van der Waals surface area contributed by atoms with Crippen LogP contribution < -0.4 is 10.2 Å². The molecular weight excluding hydrogens is 408 g/mol. The number of carbonyl (C=O) groups excluding carboxylic acids is 2. The highest BCUT2D eigenvalue weighted by molar-refractivity contribution is 6.31. The van der Waals surface area contributed by atoms with Gasteiger partial charge in [0.2, 0.25) is 5.91 Å². The second-order valence-electron chi connectivity index (χ2n) is 7.04. The molecule has 0 aliphatic carbocycles. The van der Waals surface area contributed by atoms with E-state index in [9.17, 15) is 19.7 Å². The third kappa shape index (κ3) is 5.07. The quantitative estimate of drug-likeness (QED) is 0.553. The molecule has 1 fully saturated rings. The molecule has 1 heterocycles. The Kier molecular flexibility index (Phi) is 6.89. The van der Waals surface area contributed by atoms with E-state index in [4.69, 9.17) is 11.6 Å². The highest BCUT2D eigenvalue weighted by Gasteiger charge is 2.23. The smallest absolute Gasteiger partial charge is 0.270 e. The normalized spacial score (nSPS) is 13.8. The van der Waals surface area contributed by atoms with Crippen LogP contribution in [-0.2, 0) is 4.79 Å². The fourth-order valence-electron chi connectivity index (χ4n) is 3.41. The van der Waals surface area contributed by atoms with E-state index in [0.717, 1.165) is 12.1 Å². The molecule has 0 bridgehead atoms. The maximum atomic E-state index is 12.7. The third-order valence-corrected chi connectivity index (χ3v) is 5.20. The molecule has 0 atom stereocenters. The summed E-state index contributed by atoms with van der Waals surface area (Å²) in [5.74, 6) is -0.300. The van der Waals surface area contributed by atoms with Crippen molar-refractivity contribution in [3.8, 4) is 0 Å². The molecule has 2 aromatic rings. The number of hydrogen-bond acceptors (Lipinski definition) is 5. The predicted molar refractivity (Wildman–Crippen MR) is 116 cm³/mol. The minimum absolute atomic E-state index is 0.151. The largest absolute Gasteiger partial charge is 0.366 e. The average molecular weight is 431 g/mol. The summed E-state index contributed by atoms with van der Waals surface area (Å²) in [5, 5.41) is 14.3. The average Bonchev–Trinajstić information content (AvgIpc) is 2.74. The molecule has 1 N–H and O–H groups in total. The number of anilines is 2. The Bertz CT molecular complexity index is 958. The molecule has 2 amide bonds. The van der Waals surface area contributed by atoms with Crippen molar-refractivity contribution >= 4 is 40.5 Å². The maximum absolute atomic E-state index is 12.7. The standard InChI is InChI=1S/C21H23ClN4O4/c1-2-4-20(27)25-11-9-24(10-12-25)19-8-7-16(22)14-18(19)23-21(28)15-5-3-6-17(13-15)26(29)30/h3,5-8,13-14H,2,4,9-12H2,1H3,(H,23,28). The van der Waals surface area contributed by atoms with Crippen LogP contribution in [0.3, 0.4) is 0 Å². The van der Waals surface area contributed by atoms with Crippen molar-refractivity contribution in [3.63, 3.8) is 0 Å². The van der Waals surface area contributed by atoms with E-state index in [2.05, 4.69) is 10.2 Å². The Morgan fingerprint density at radius 1 is 1.13 bits per heavy atom. The Morgan fingerprint density at radius 3 is 2.53 bits per heavy atom. The summed E-state index contributed by atoms with van der Waals surface area (Å²) in [6.45, 7) is 4.48. The van der Waals surface area contributed by atoms with Gasteiger partial charge in [-0.25, -0.2) is 0 Å². The van der Waals surface area contributed by atoms with Gasteiger partial charge in [0.25, 0.3) is 11.6 Å². The Labute approximate surface area is 179 Å². The van der Waals surface area contributed by atoms with Crippen molar-refractivity contribution < 1.29 is 14.5 Å². The van der Waals surface area contributed by atoms with Gasteiger partial charge in [0.1, 0.15) is 0 Å². The summed E-state index contributed by atoms with van der Waals surface area (Å²) in [6, 6.07) is 10.8. The summed E-state index contributed by atoms with van der Waals surface area (Å²) in [7, 11) is 0. The molecule has 0 saturated carbocycles. The van der Waals surface area contributed by atoms with E-state index in [0.29, 0.717) is 43.3 Å². The molecule has 0 aromatic heterocycles. The Balaban J connectivity index is 1.76. The number of benzene rings is 2. The fraction of sp³-hybridized carbons (Fsp3) is 0.333. The molecule has 9 heteroatoms. The molecular formula is C21H23ClN4O4. The van der Waals surface area contributed by atoms with Gasteiger partial charge in [0.15, 0.2) is 0 Å². The molecule has 3 rings (SSSR count). The molecule has 0 unspecified atom stereocenters. The van der Waals surface area contributed by atoms with Gasteiger partial charge in [-0.15, -0.1) is 0 Å². The summed E-state index contributed by atoms with van der Waals surface area (Å²) in [4.78, 5) is 39.2. The minimum atomic E-state index is -0.541. The topological polar surface area (TPSA) is 95.8 Å². The predicted octanol–water partition coefficient (Wildman–Crippen LogP) is 3.95. The zero-order chi connectivity index (χ0) is 21.7. The SMILES string of the molecule is CCCC(=O)N1CCN(c2ccc(Cl)cc2NC(=O)c2cccc([N+](=O)[O-])c2)CC1. The van der Waals surface area contributed by atoms with E-state index in [1.807, 2.05) is 17.9 Å². The van der Waals surface area contributed by atoms with Crippen LogP contribution in [0.15, 0.2) is 42.5 Å². The van der Waals surface area contributed by atoms with Gasteiger partial charge in [0.05, 0.1) is 16.3 Å². The number of nitro benzene ring substituents is 1. The van der Waals surface area contributed by atoms with E-state index in [1.165, 1.54) is 24.3 Å². The first kappa shape index (κ1) is 21.6. The summed E-state index contributed by atoms with van der Waals surface area (Å²) < 4.78 is 0. The highest BCUT2D eigenvalue weighted by Crippen LogP contribution is 2.31. The van der Waals surface area contributed by atoms with Crippen molar-refractivity contribution in [2.45, 2.75) is 19.8 Å².